The third-order valence-electron chi connectivity index (χ3n) is 3.03. The molecule has 21 heavy (non-hydrogen) atoms. The number of pyridine rings is 1. The van der Waals surface area contributed by atoms with Crippen molar-refractivity contribution in [2.75, 3.05) is 17.6 Å². The molecule has 0 bridgehead atoms. The molecule has 0 spiro atoms. The lowest BCUT2D eigenvalue weighted by Crippen LogP contribution is -2.25. The molecule has 0 atom stereocenters. The fourth-order valence-electron chi connectivity index (χ4n) is 1.94. The lowest BCUT2D eigenvalue weighted by molar-refractivity contribution is 0.0954. The molecular weight excluding hydrogens is 264 g/mol. The minimum absolute atomic E-state index is 0.113. The van der Waals surface area contributed by atoms with E-state index in [1.54, 1.807) is 24.5 Å². The molecule has 4 N–H and O–H groups in total. The zero-order valence-corrected chi connectivity index (χ0v) is 12.1. The van der Waals surface area contributed by atoms with Crippen LogP contribution in [0.4, 0.5) is 11.4 Å². The number of benzene rings is 1. The highest BCUT2D eigenvalue weighted by Crippen LogP contribution is 2.19. The van der Waals surface area contributed by atoms with E-state index in [0.717, 1.165) is 17.7 Å². The van der Waals surface area contributed by atoms with E-state index in [-0.39, 0.29) is 5.91 Å². The number of carbonyl (C=O) groups is 1. The second kappa shape index (κ2) is 7.28. The molecule has 5 nitrogen and oxygen atoms in total. The summed E-state index contributed by atoms with van der Waals surface area (Å²) in [4.78, 5) is 16.2. The van der Waals surface area contributed by atoms with Gasteiger partial charge in [0.15, 0.2) is 0 Å². The zero-order valence-electron chi connectivity index (χ0n) is 12.1. The monoisotopic (exact) mass is 284 g/mol. The summed E-state index contributed by atoms with van der Waals surface area (Å²) in [5.74, 6) is -0.113. The number of nitrogen functional groups attached to an aromatic ring is 1. The first-order valence-electron chi connectivity index (χ1n) is 7.01. The van der Waals surface area contributed by atoms with Crippen LogP contribution in [0.15, 0.2) is 42.7 Å². The van der Waals surface area contributed by atoms with Crippen LogP contribution >= 0.6 is 0 Å². The fraction of sp³-hybridized carbons (Fsp3) is 0.250. The summed E-state index contributed by atoms with van der Waals surface area (Å²) >= 11 is 0. The molecule has 1 heterocycles. The maximum absolute atomic E-state index is 12.2. The van der Waals surface area contributed by atoms with Crippen molar-refractivity contribution in [1.29, 1.82) is 0 Å². The molecule has 2 rings (SSSR count). The minimum Gasteiger partial charge on any atom is -0.399 e. The van der Waals surface area contributed by atoms with Crippen LogP contribution in [0, 0.1) is 0 Å². The number of amides is 1. The van der Waals surface area contributed by atoms with E-state index in [4.69, 9.17) is 5.73 Å². The van der Waals surface area contributed by atoms with Crippen LogP contribution in [0.3, 0.4) is 0 Å². The molecule has 0 aliphatic rings. The first-order valence-corrected chi connectivity index (χ1v) is 7.01. The number of nitrogens with two attached hydrogens (primary N) is 1. The van der Waals surface area contributed by atoms with Crippen LogP contribution in [0.2, 0.25) is 0 Å². The summed E-state index contributed by atoms with van der Waals surface area (Å²) in [6.07, 6.45) is 4.42. The van der Waals surface area contributed by atoms with Crippen LogP contribution in [-0.4, -0.2) is 17.4 Å². The molecule has 1 amide bonds. The van der Waals surface area contributed by atoms with Gasteiger partial charge in [0, 0.05) is 36.9 Å². The third kappa shape index (κ3) is 4.21. The molecule has 1 aromatic heterocycles. The average molecular weight is 284 g/mol. The summed E-state index contributed by atoms with van der Waals surface area (Å²) in [7, 11) is 0. The molecule has 110 valence electrons. The molecule has 0 unspecified atom stereocenters. The van der Waals surface area contributed by atoms with Crippen LogP contribution < -0.4 is 16.4 Å². The second-order valence-electron chi connectivity index (χ2n) is 4.78. The summed E-state index contributed by atoms with van der Waals surface area (Å²) in [6, 6.07) is 9.16. The Hall–Kier alpha value is -2.56. The lowest BCUT2D eigenvalue weighted by atomic mass is 10.1. The molecule has 0 aliphatic heterocycles. The van der Waals surface area contributed by atoms with Gasteiger partial charge < -0.3 is 16.4 Å². The van der Waals surface area contributed by atoms with E-state index in [1.165, 1.54) is 0 Å². The predicted molar refractivity (Wildman–Crippen MR) is 85.0 cm³/mol. The van der Waals surface area contributed by atoms with Crippen molar-refractivity contribution >= 4 is 17.3 Å². The Balaban J connectivity index is 2.13. The Kier molecular flexibility index (Phi) is 5.15. The van der Waals surface area contributed by atoms with Crippen molar-refractivity contribution in [3.05, 3.63) is 53.9 Å². The van der Waals surface area contributed by atoms with E-state index < -0.39 is 0 Å². The van der Waals surface area contributed by atoms with Crippen molar-refractivity contribution in [2.24, 2.45) is 0 Å². The topological polar surface area (TPSA) is 80.0 Å². The Labute approximate surface area is 124 Å². The highest BCUT2D eigenvalue weighted by atomic mass is 16.1. The molecule has 0 saturated heterocycles. The number of nitrogens with one attached hydrogen (secondary N) is 2. The number of rotatable bonds is 6. The van der Waals surface area contributed by atoms with E-state index >= 15 is 0 Å². The summed E-state index contributed by atoms with van der Waals surface area (Å²) in [5.41, 5.74) is 8.73. The number of hydrogen-bond acceptors (Lipinski definition) is 4. The van der Waals surface area contributed by atoms with E-state index in [9.17, 15) is 4.79 Å². The van der Waals surface area contributed by atoms with Crippen LogP contribution in [0.5, 0.6) is 0 Å². The maximum atomic E-state index is 12.2. The van der Waals surface area contributed by atoms with Crippen LogP contribution in [-0.2, 0) is 6.54 Å². The Morgan fingerprint density at radius 1 is 1.33 bits per heavy atom. The maximum Gasteiger partial charge on any atom is 0.253 e. The van der Waals surface area contributed by atoms with Crippen LogP contribution in [0.1, 0.15) is 29.3 Å². The Morgan fingerprint density at radius 3 is 2.90 bits per heavy atom. The normalized spacial score (nSPS) is 10.1. The second-order valence-corrected chi connectivity index (χ2v) is 4.78. The van der Waals surface area contributed by atoms with Crippen LogP contribution in [0.25, 0.3) is 0 Å². The van der Waals surface area contributed by atoms with Gasteiger partial charge in [-0.3, -0.25) is 9.78 Å². The smallest absolute Gasteiger partial charge is 0.253 e. The quantitative estimate of drug-likeness (QED) is 0.712. The lowest BCUT2D eigenvalue weighted by Gasteiger charge is -2.13. The average Bonchev–Trinajstić information content (AvgIpc) is 2.52. The van der Waals surface area contributed by atoms with Crippen molar-refractivity contribution in [3.63, 3.8) is 0 Å². The van der Waals surface area contributed by atoms with Gasteiger partial charge in [0.1, 0.15) is 0 Å². The zero-order chi connectivity index (χ0) is 15.1. The van der Waals surface area contributed by atoms with Gasteiger partial charge in [-0.05, 0) is 36.2 Å². The SMILES string of the molecule is CCCNC(=O)c1cc(N)ccc1NCc1cccnc1. The summed E-state index contributed by atoms with van der Waals surface area (Å²) in [6.45, 7) is 3.27. The molecule has 0 radical (unpaired) electrons. The molecular formula is C16H20N4O. The number of aromatic nitrogens is 1. The van der Waals surface area contributed by atoms with Gasteiger partial charge in [0.05, 0.1) is 5.56 Å². The van der Waals surface area contributed by atoms with Gasteiger partial charge in [-0.1, -0.05) is 13.0 Å². The summed E-state index contributed by atoms with van der Waals surface area (Å²) in [5, 5.41) is 6.13. The molecule has 5 heteroatoms. The number of carbonyl (C=O) groups excluding carboxylic acids is 1. The van der Waals surface area contributed by atoms with Crippen molar-refractivity contribution < 1.29 is 4.79 Å². The Morgan fingerprint density at radius 2 is 2.19 bits per heavy atom. The van der Waals surface area contributed by atoms with E-state index in [1.807, 2.05) is 25.1 Å². The highest BCUT2D eigenvalue weighted by molar-refractivity contribution is 6.00. The van der Waals surface area contributed by atoms with Gasteiger partial charge in [0.2, 0.25) is 0 Å². The van der Waals surface area contributed by atoms with E-state index in [2.05, 4.69) is 15.6 Å². The Bertz CT molecular complexity index is 598. The standard InChI is InChI=1S/C16H20N4O/c1-2-7-19-16(21)14-9-13(17)5-6-15(14)20-11-12-4-3-8-18-10-12/h3-6,8-10,20H,2,7,11,17H2,1H3,(H,19,21). The van der Waals surface area contributed by atoms with Crippen molar-refractivity contribution in [3.8, 4) is 0 Å². The number of hydrogen-bond donors (Lipinski definition) is 3. The first-order chi connectivity index (χ1) is 10.2. The van der Waals surface area contributed by atoms with Gasteiger partial charge >= 0.3 is 0 Å². The molecule has 0 aliphatic carbocycles. The number of nitrogens with zero attached hydrogens (tertiary/aromatic N) is 1. The molecule has 0 saturated carbocycles. The van der Waals surface area contributed by atoms with Crippen molar-refractivity contribution in [2.45, 2.75) is 19.9 Å². The van der Waals surface area contributed by atoms with Crippen molar-refractivity contribution in [1.82, 2.24) is 10.3 Å². The van der Waals surface area contributed by atoms with Gasteiger partial charge in [-0.15, -0.1) is 0 Å². The highest BCUT2D eigenvalue weighted by Gasteiger charge is 2.11. The van der Waals surface area contributed by atoms with Gasteiger partial charge in [-0.25, -0.2) is 0 Å². The van der Waals surface area contributed by atoms with Gasteiger partial charge in [-0.2, -0.15) is 0 Å². The minimum atomic E-state index is -0.113. The molecule has 0 fully saturated rings. The van der Waals surface area contributed by atoms with E-state index in [0.29, 0.717) is 24.3 Å². The third-order valence-corrected chi connectivity index (χ3v) is 3.03. The molecule has 1 aromatic carbocycles. The number of anilines is 2. The predicted octanol–water partition coefficient (Wildman–Crippen LogP) is 2.42. The van der Waals surface area contributed by atoms with Gasteiger partial charge in [0.25, 0.3) is 5.91 Å². The first kappa shape index (κ1) is 14.8. The molecule has 2 aromatic rings. The summed E-state index contributed by atoms with van der Waals surface area (Å²) < 4.78 is 0. The largest absolute Gasteiger partial charge is 0.399 e. The fourth-order valence-corrected chi connectivity index (χ4v) is 1.94.